The quantitative estimate of drug-likeness (QED) is 0.704. The Kier molecular flexibility index (Phi) is 10.3. The molecule has 17 heavy (non-hydrogen) atoms. The van der Waals surface area contributed by atoms with Gasteiger partial charge in [-0.1, -0.05) is 12.1 Å². The fraction of sp³-hybridized carbons (Fsp3) is 0.154. The Morgan fingerprint density at radius 2 is 1.06 bits per heavy atom. The zero-order chi connectivity index (χ0) is 12.8. The van der Waals surface area contributed by atoms with Crippen molar-refractivity contribution in [2.45, 2.75) is 0 Å². The van der Waals surface area contributed by atoms with Gasteiger partial charge in [0.15, 0.2) is 0 Å². The highest BCUT2D eigenvalue weighted by atomic mass is 16.1. The average molecular weight is 231 g/mol. The summed E-state index contributed by atoms with van der Waals surface area (Å²) in [6, 6.07) is 11.4. The fourth-order valence-corrected chi connectivity index (χ4v) is 0.625. The predicted molar refractivity (Wildman–Crippen MR) is 68.2 cm³/mol. The minimum Gasteiger partial charge on any atom is -0.351 e. The Morgan fingerprint density at radius 1 is 0.765 bits per heavy atom. The predicted octanol–water partition coefficient (Wildman–Crippen LogP) is 1.87. The number of pyridine rings is 2. The first-order valence-electron chi connectivity index (χ1n) is 5.09. The molecular formula is C13H17N3O. The zero-order valence-corrected chi connectivity index (χ0v) is 10.1. The van der Waals surface area contributed by atoms with E-state index in [1.165, 1.54) is 4.90 Å². The Bertz CT molecular complexity index is 267. The summed E-state index contributed by atoms with van der Waals surface area (Å²) in [4.78, 5) is 18.4. The summed E-state index contributed by atoms with van der Waals surface area (Å²) in [6.07, 6.45) is 7.75. The van der Waals surface area contributed by atoms with Crippen LogP contribution in [-0.4, -0.2) is 35.4 Å². The molecule has 0 spiro atoms. The van der Waals surface area contributed by atoms with Crippen LogP contribution in [0.2, 0.25) is 0 Å². The van der Waals surface area contributed by atoms with Crippen LogP contribution in [0.15, 0.2) is 61.2 Å². The molecule has 0 N–H and O–H groups in total. The van der Waals surface area contributed by atoms with Crippen LogP contribution in [0.5, 0.6) is 0 Å². The summed E-state index contributed by atoms with van der Waals surface area (Å²) in [5, 5.41) is 0. The molecule has 0 radical (unpaired) electrons. The molecule has 2 rings (SSSR count). The summed E-state index contributed by atoms with van der Waals surface area (Å²) < 4.78 is 0. The number of rotatable bonds is 1. The Labute approximate surface area is 102 Å². The first-order valence-corrected chi connectivity index (χ1v) is 5.09. The fourth-order valence-electron chi connectivity index (χ4n) is 0.625. The van der Waals surface area contributed by atoms with Crippen LogP contribution in [0.25, 0.3) is 0 Å². The summed E-state index contributed by atoms with van der Waals surface area (Å²) in [6.45, 7) is 0. The van der Waals surface area contributed by atoms with Crippen molar-refractivity contribution < 1.29 is 4.79 Å². The highest BCUT2D eigenvalue weighted by Gasteiger charge is 1.68. The van der Waals surface area contributed by atoms with E-state index < -0.39 is 0 Å². The van der Waals surface area contributed by atoms with Crippen molar-refractivity contribution in [1.29, 1.82) is 0 Å². The number of aromatic nitrogens is 2. The van der Waals surface area contributed by atoms with Gasteiger partial charge >= 0.3 is 0 Å². The van der Waals surface area contributed by atoms with Crippen molar-refractivity contribution >= 4 is 6.41 Å². The second kappa shape index (κ2) is 11.8. The molecule has 0 atom stereocenters. The van der Waals surface area contributed by atoms with Gasteiger partial charge in [0.05, 0.1) is 0 Å². The van der Waals surface area contributed by atoms with E-state index in [-0.39, 0.29) is 0 Å². The summed E-state index contributed by atoms with van der Waals surface area (Å²) in [5.41, 5.74) is 0. The maximum Gasteiger partial charge on any atom is 0.209 e. The summed E-state index contributed by atoms with van der Waals surface area (Å²) in [7, 11) is 3.38. The minimum atomic E-state index is 0.750. The highest BCUT2D eigenvalue weighted by Crippen LogP contribution is 1.74. The molecule has 4 nitrogen and oxygen atoms in total. The van der Waals surface area contributed by atoms with E-state index in [2.05, 4.69) is 9.97 Å². The second-order valence-electron chi connectivity index (χ2n) is 3.12. The maximum atomic E-state index is 9.43. The number of carbonyl (C=O) groups excluding carboxylic acids is 1. The lowest BCUT2D eigenvalue weighted by Crippen LogP contribution is -2.06. The number of hydrogen-bond acceptors (Lipinski definition) is 3. The molecule has 1 amide bonds. The molecule has 0 aromatic carbocycles. The van der Waals surface area contributed by atoms with Crippen molar-refractivity contribution in [2.75, 3.05) is 14.1 Å². The normalized spacial score (nSPS) is 7.65. The molecule has 90 valence electrons. The van der Waals surface area contributed by atoms with Gasteiger partial charge in [0, 0.05) is 38.9 Å². The van der Waals surface area contributed by atoms with Gasteiger partial charge in [-0.05, 0) is 24.3 Å². The number of amides is 1. The first-order chi connectivity index (χ1) is 8.27. The van der Waals surface area contributed by atoms with Gasteiger partial charge in [0.25, 0.3) is 0 Å². The van der Waals surface area contributed by atoms with Gasteiger partial charge in [0.2, 0.25) is 6.41 Å². The molecule has 0 bridgehead atoms. The smallest absolute Gasteiger partial charge is 0.209 e. The lowest BCUT2D eigenvalue weighted by molar-refractivity contribution is -0.115. The Hall–Kier alpha value is -2.23. The molecule has 2 heterocycles. The lowest BCUT2D eigenvalue weighted by atomic mass is 10.5. The van der Waals surface area contributed by atoms with Crippen molar-refractivity contribution in [3.05, 3.63) is 61.2 Å². The number of nitrogens with zero attached hydrogens (tertiary/aromatic N) is 3. The van der Waals surface area contributed by atoms with Crippen molar-refractivity contribution in [3.63, 3.8) is 0 Å². The third kappa shape index (κ3) is 13.8. The van der Waals surface area contributed by atoms with E-state index in [0.29, 0.717) is 0 Å². The van der Waals surface area contributed by atoms with E-state index >= 15 is 0 Å². The van der Waals surface area contributed by atoms with Gasteiger partial charge in [-0.3, -0.25) is 14.8 Å². The van der Waals surface area contributed by atoms with E-state index in [1.807, 2.05) is 36.4 Å². The van der Waals surface area contributed by atoms with Gasteiger partial charge < -0.3 is 4.90 Å². The van der Waals surface area contributed by atoms with Gasteiger partial charge in [0.1, 0.15) is 0 Å². The lowest BCUT2D eigenvalue weighted by Gasteiger charge is -1.93. The standard InChI is InChI=1S/2C5H5N.C3H7NO/c2*1-2-4-6-5-3-1;1-4(2)3-5/h2*1-5H;3H,1-2H3. The van der Waals surface area contributed by atoms with E-state index in [9.17, 15) is 4.79 Å². The van der Waals surface area contributed by atoms with Crippen LogP contribution in [0, 0.1) is 0 Å². The molecule has 0 aliphatic rings. The maximum absolute atomic E-state index is 9.43. The number of carbonyl (C=O) groups is 1. The van der Waals surface area contributed by atoms with Crippen LogP contribution in [0.1, 0.15) is 0 Å². The van der Waals surface area contributed by atoms with Crippen LogP contribution in [-0.2, 0) is 4.79 Å². The third-order valence-corrected chi connectivity index (χ3v) is 1.34. The van der Waals surface area contributed by atoms with E-state index in [1.54, 1.807) is 38.9 Å². The monoisotopic (exact) mass is 231 g/mol. The molecule has 0 aliphatic carbocycles. The Morgan fingerprint density at radius 3 is 1.12 bits per heavy atom. The van der Waals surface area contributed by atoms with Crippen molar-refractivity contribution in [1.82, 2.24) is 14.9 Å². The zero-order valence-electron chi connectivity index (χ0n) is 10.1. The van der Waals surface area contributed by atoms with Crippen LogP contribution >= 0.6 is 0 Å². The summed E-state index contributed by atoms with van der Waals surface area (Å²) >= 11 is 0. The minimum absolute atomic E-state index is 0.750. The molecule has 2 aromatic heterocycles. The van der Waals surface area contributed by atoms with Crippen LogP contribution < -0.4 is 0 Å². The van der Waals surface area contributed by atoms with E-state index in [4.69, 9.17) is 0 Å². The third-order valence-electron chi connectivity index (χ3n) is 1.34. The molecule has 4 heteroatoms. The molecule has 0 aliphatic heterocycles. The summed E-state index contributed by atoms with van der Waals surface area (Å²) in [5.74, 6) is 0. The van der Waals surface area contributed by atoms with Gasteiger partial charge in [-0.2, -0.15) is 0 Å². The molecule has 2 aromatic rings. The largest absolute Gasteiger partial charge is 0.351 e. The molecule has 0 unspecified atom stereocenters. The Balaban J connectivity index is 0.000000228. The first kappa shape index (κ1) is 14.8. The van der Waals surface area contributed by atoms with Crippen LogP contribution in [0.4, 0.5) is 0 Å². The molecule has 0 fully saturated rings. The topological polar surface area (TPSA) is 46.1 Å². The van der Waals surface area contributed by atoms with E-state index in [0.717, 1.165) is 6.41 Å². The highest BCUT2D eigenvalue weighted by molar-refractivity contribution is 5.45. The molecule has 0 saturated heterocycles. The van der Waals surface area contributed by atoms with Crippen molar-refractivity contribution in [3.8, 4) is 0 Å². The van der Waals surface area contributed by atoms with Gasteiger partial charge in [-0.15, -0.1) is 0 Å². The molecule has 0 saturated carbocycles. The number of hydrogen-bond donors (Lipinski definition) is 0. The second-order valence-corrected chi connectivity index (χ2v) is 3.12. The molecular weight excluding hydrogens is 214 g/mol. The average Bonchev–Trinajstić information content (AvgIpc) is 2.44. The van der Waals surface area contributed by atoms with Crippen molar-refractivity contribution in [2.24, 2.45) is 0 Å². The van der Waals surface area contributed by atoms with Gasteiger partial charge in [-0.25, -0.2) is 0 Å². The van der Waals surface area contributed by atoms with Crippen LogP contribution in [0.3, 0.4) is 0 Å². The SMILES string of the molecule is CN(C)C=O.c1ccncc1.c1ccncc1.